The van der Waals surface area contributed by atoms with Gasteiger partial charge >= 0.3 is 0 Å². The number of nitrogens with one attached hydrogen (secondary N) is 2. The van der Waals surface area contributed by atoms with Crippen molar-refractivity contribution in [2.45, 2.75) is 19.3 Å². The van der Waals surface area contributed by atoms with E-state index in [1.807, 2.05) is 42.5 Å². The summed E-state index contributed by atoms with van der Waals surface area (Å²) in [5, 5.41) is 3.93. The largest absolute Gasteiger partial charge is 0.326 e. The van der Waals surface area contributed by atoms with Gasteiger partial charge in [-0.2, -0.15) is 0 Å². The lowest BCUT2D eigenvalue weighted by Crippen LogP contribution is -2.15. The number of anilines is 1. The van der Waals surface area contributed by atoms with Gasteiger partial charge in [0.15, 0.2) is 0 Å². The number of amides is 1. The third-order valence-corrected chi connectivity index (χ3v) is 4.65. The van der Waals surface area contributed by atoms with Crippen molar-refractivity contribution in [2.24, 2.45) is 5.92 Å². The summed E-state index contributed by atoms with van der Waals surface area (Å²) < 4.78 is 0. The van der Waals surface area contributed by atoms with Gasteiger partial charge in [0.05, 0.1) is 5.52 Å². The van der Waals surface area contributed by atoms with Gasteiger partial charge in [-0.05, 0) is 48.4 Å². The first-order chi connectivity index (χ1) is 11.6. The highest BCUT2D eigenvalue weighted by molar-refractivity contribution is 5.97. The Morgan fingerprint density at radius 2 is 1.92 bits per heavy atom. The van der Waals surface area contributed by atoms with Crippen LogP contribution < -0.4 is 10.9 Å². The second kappa shape index (κ2) is 5.64. The zero-order valence-electron chi connectivity index (χ0n) is 13.4. The van der Waals surface area contributed by atoms with E-state index in [0.717, 1.165) is 17.3 Å². The first-order valence-electron chi connectivity index (χ1n) is 8.11. The fraction of sp³-hybridized carbons (Fsp3) is 0.200. The van der Waals surface area contributed by atoms with E-state index >= 15 is 0 Å². The molecule has 2 unspecified atom stereocenters. The molecular formula is C20H18N2O2. The molecule has 24 heavy (non-hydrogen) atoms. The van der Waals surface area contributed by atoms with E-state index in [1.165, 1.54) is 5.56 Å². The number of fused-ring (bicyclic) bond motifs is 1. The Kier molecular flexibility index (Phi) is 3.45. The molecule has 0 spiro atoms. The SMILES string of the molecule is Cc1cc2ccc(NC(=O)C3CC3c3ccccc3)cc2[nH]c1=O. The molecule has 0 radical (unpaired) electrons. The summed E-state index contributed by atoms with van der Waals surface area (Å²) in [6, 6.07) is 17.6. The topological polar surface area (TPSA) is 62.0 Å². The van der Waals surface area contributed by atoms with Gasteiger partial charge in [-0.3, -0.25) is 9.59 Å². The molecule has 1 fully saturated rings. The van der Waals surface area contributed by atoms with Crippen LogP contribution in [0.25, 0.3) is 10.9 Å². The summed E-state index contributed by atoms with van der Waals surface area (Å²) in [7, 11) is 0. The summed E-state index contributed by atoms with van der Waals surface area (Å²) in [6.45, 7) is 1.78. The van der Waals surface area contributed by atoms with Gasteiger partial charge in [-0.15, -0.1) is 0 Å². The lowest BCUT2D eigenvalue weighted by Gasteiger charge is -2.07. The minimum atomic E-state index is -0.0997. The van der Waals surface area contributed by atoms with Crippen molar-refractivity contribution >= 4 is 22.5 Å². The number of carbonyl (C=O) groups excluding carboxylic acids is 1. The number of rotatable bonds is 3. The van der Waals surface area contributed by atoms with E-state index in [4.69, 9.17) is 0 Å². The number of benzene rings is 2. The van der Waals surface area contributed by atoms with Crippen molar-refractivity contribution in [1.82, 2.24) is 4.98 Å². The molecule has 1 heterocycles. The van der Waals surface area contributed by atoms with Crippen LogP contribution in [0.4, 0.5) is 5.69 Å². The van der Waals surface area contributed by atoms with Crippen LogP contribution >= 0.6 is 0 Å². The monoisotopic (exact) mass is 318 g/mol. The smallest absolute Gasteiger partial charge is 0.251 e. The summed E-state index contributed by atoms with van der Waals surface area (Å²) in [6.07, 6.45) is 0.888. The second-order valence-corrected chi connectivity index (χ2v) is 6.43. The van der Waals surface area contributed by atoms with Crippen molar-refractivity contribution < 1.29 is 4.79 Å². The first-order valence-corrected chi connectivity index (χ1v) is 8.11. The van der Waals surface area contributed by atoms with E-state index in [-0.39, 0.29) is 17.4 Å². The molecule has 120 valence electrons. The van der Waals surface area contributed by atoms with Crippen molar-refractivity contribution in [2.75, 3.05) is 5.32 Å². The zero-order valence-corrected chi connectivity index (χ0v) is 13.4. The average molecular weight is 318 g/mol. The molecule has 1 saturated carbocycles. The molecule has 1 aliphatic carbocycles. The van der Waals surface area contributed by atoms with Crippen LogP contribution in [0.15, 0.2) is 59.4 Å². The standard InChI is InChI=1S/C20H18N2O2/c1-12-9-14-7-8-15(10-18(14)22-19(12)23)21-20(24)17-11-16(17)13-5-3-2-4-6-13/h2-10,16-17H,11H2,1H3,(H,21,24)(H,22,23). The van der Waals surface area contributed by atoms with Gasteiger partial charge in [0.2, 0.25) is 5.91 Å². The van der Waals surface area contributed by atoms with Crippen molar-refractivity contribution in [3.63, 3.8) is 0 Å². The number of aryl methyl sites for hydroxylation is 1. The van der Waals surface area contributed by atoms with Crippen molar-refractivity contribution in [3.05, 3.63) is 76.1 Å². The number of pyridine rings is 1. The lowest BCUT2D eigenvalue weighted by atomic mass is 10.1. The first kappa shape index (κ1) is 14.7. The van der Waals surface area contributed by atoms with E-state index in [2.05, 4.69) is 22.4 Å². The van der Waals surface area contributed by atoms with E-state index in [9.17, 15) is 9.59 Å². The third kappa shape index (κ3) is 2.71. The Bertz CT molecular complexity index is 976. The highest BCUT2D eigenvalue weighted by Crippen LogP contribution is 2.47. The molecule has 4 heteroatoms. The Balaban J connectivity index is 1.51. The molecule has 4 nitrogen and oxygen atoms in total. The fourth-order valence-corrected chi connectivity index (χ4v) is 3.18. The van der Waals surface area contributed by atoms with E-state index in [0.29, 0.717) is 17.2 Å². The predicted molar refractivity (Wildman–Crippen MR) is 95.2 cm³/mol. The van der Waals surface area contributed by atoms with Crippen LogP contribution in [-0.2, 0) is 4.79 Å². The molecule has 2 aromatic carbocycles. The predicted octanol–water partition coefficient (Wildman–Crippen LogP) is 3.58. The van der Waals surface area contributed by atoms with Crippen LogP contribution in [0.5, 0.6) is 0 Å². The van der Waals surface area contributed by atoms with Gasteiger partial charge in [0.1, 0.15) is 0 Å². The van der Waals surface area contributed by atoms with Gasteiger partial charge in [-0.1, -0.05) is 36.4 Å². The molecule has 0 saturated heterocycles. The van der Waals surface area contributed by atoms with Gasteiger partial charge < -0.3 is 10.3 Å². The van der Waals surface area contributed by atoms with Crippen LogP contribution in [0.2, 0.25) is 0 Å². The molecule has 2 atom stereocenters. The van der Waals surface area contributed by atoms with Crippen LogP contribution in [-0.4, -0.2) is 10.9 Å². The number of hydrogen-bond donors (Lipinski definition) is 2. The number of aromatic amines is 1. The quantitative estimate of drug-likeness (QED) is 0.775. The van der Waals surface area contributed by atoms with Crippen LogP contribution in [0, 0.1) is 12.8 Å². The van der Waals surface area contributed by atoms with E-state index < -0.39 is 0 Å². The minimum absolute atomic E-state index is 0.0279. The summed E-state index contributed by atoms with van der Waals surface area (Å²) in [5.41, 5.74) is 3.25. The number of H-pyrrole nitrogens is 1. The van der Waals surface area contributed by atoms with Crippen LogP contribution in [0.1, 0.15) is 23.5 Å². The number of carbonyl (C=O) groups is 1. The Labute approximate surface area is 139 Å². The molecule has 0 bridgehead atoms. The van der Waals surface area contributed by atoms with Gasteiger partial charge in [0.25, 0.3) is 5.56 Å². The Morgan fingerprint density at radius 1 is 1.12 bits per heavy atom. The maximum atomic E-state index is 12.4. The molecule has 0 aliphatic heterocycles. The summed E-state index contributed by atoms with van der Waals surface area (Å²) in [4.78, 5) is 27.0. The lowest BCUT2D eigenvalue weighted by molar-refractivity contribution is -0.117. The van der Waals surface area contributed by atoms with Crippen molar-refractivity contribution in [3.8, 4) is 0 Å². The second-order valence-electron chi connectivity index (χ2n) is 6.43. The maximum absolute atomic E-state index is 12.4. The molecular weight excluding hydrogens is 300 g/mol. The average Bonchev–Trinajstić information content (AvgIpc) is 3.38. The molecule has 4 rings (SSSR count). The maximum Gasteiger partial charge on any atom is 0.251 e. The molecule has 2 N–H and O–H groups in total. The fourth-order valence-electron chi connectivity index (χ4n) is 3.18. The molecule has 1 aliphatic rings. The van der Waals surface area contributed by atoms with E-state index in [1.54, 1.807) is 6.92 Å². The van der Waals surface area contributed by atoms with Gasteiger partial charge in [0, 0.05) is 17.2 Å². The van der Waals surface area contributed by atoms with Crippen molar-refractivity contribution in [1.29, 1.82) is 0 Å². The van der Waals surface area contributed by atoms with Crippen LogP contribution in [0.3, 0.4) is 0 Å². The highest BCUT2D eigenvalue weighted by Gasteiger charge is 2.43. The normalized spacial score (nSPS) is 19.2. The zero-order chi connectivity index (χ0) is 16.7. The Morgan fingerprint density at radius 3 is 2.71 bits per heavy atom. The third-order valence-electron chi connectivity index (χ3n) is 4.65. The minimum Gasteiger partial charge on any atom is -0.326 e. The highest BCUT2D eigenvalue weighted by atomic mass is 16.2. The summed E-state index contributed by atoms with van der Waals surface area (Å²) in [5.74, 6) is 0.381. The molecule has 3 aromatic rings. The number of aromatic nitrogens is 1. The summed E-state index contributed by atoms with van der Waals surface area (Å²) >= 11 is 0. The Hall–Kier alpha value is -2.88. The van der Waals surface area contributed by atoms with Gasteiger partial charge in [-0.25, -0.2) is 0 Å². The number of hydrogen-bond acceptors (Lipinski definition) is 2. The molecule has 1 aromatic heterocycles. The molecule has 1 amide bonds.